The number of rotatable bonds is 3. The van der Waals surface area contributed by atoms with Crippen molar-refractivity contribution in [3.8, 4) is 6.07 Å². The minimum Gasteiger partial charge on any atom is -0.262 e. The Bertz CT molecular complexity index is 618. The molecule has 0 unspecified atom stereocenters. The Balaban J connectivity index is 2.11. The fraction of sp³-hybridized carbons (Fsp3) is 0.263. The average Bonchev–Trinajstić information content (AvgIpc) is 3.04. The monoisotopic (exact) mass is 274 g/mol. The second-order valence-corrected chi connectivity index (χ2v) is 5.54. The van der Waals surface area contributed by atoms with Crippen LogP contribution in [0.2, 0.25) is 0 Å². The van der Waals surface area contributed by atoms with Gasteiger partial charge in [-0.15, -0.1) is 0 Å². The van der Waals surface area contributed by atoms with Crippen molar-refractivity contribution in [1.82, 2.24) is 0 Å². The van der Waals surface area contributed by atoms with E-state index in [9.17, 15) is 5.26 Å². The molecule has 0 aliphatic heterocycles. The maximum atomic E-state index is 9.60. The highest BCUT2D eigenvalue weighted by molar-refractivity contribution is 6.13. The molecule has 1 aliphatic rings. The zero-order valence-corrected chi connectivity index (χ0v) is 12.0. The Kier molecular flexibility index (Phi) is 3.83. The van der Waals surface area contributed by atoms with E-state index < -0.39 is 5.54 Å². The Morgan fingerprint density at radius 2 is 1.33 bits per heavy atom. The van der Waals surface area contributed by atoms with Gasteiger partial charge in [0.1, 0.15) is 5.54 Å². The van der Waals surface area contributed by atoms with E-state index in [0.29, 0.717) is 0 Å². The molecule has 2 aromatic carbocycles. The lowest BCUT2D eigenvalue weighted by Gasteiger charge is -2.18. The van der Waals surface area contributed by atoms with Gasteiger partial charge in [0.15, 0.2) is 0 Å². The quantitative estimate of drug-likeness (QED) is 0.766. The first-order valence-corrected chi connectivity index (χ1v) is 7.45. The van der Waals surface area contributed by atoms with Crippen molar-refractivity contribution in [1.29, 1.82) is 5.26 Å². The maximum Gasteiger partial charge on any atom is 0.147 e. The normalized spacial score (nSPS) is 16.1. The van der Waals surface area contributed by atoms with Gasteiger partial charge in [0.25, 0.3) is 0 Å². The van der Waals surface area contributed by atoms with Crippen LogP contribution < -0.4 is 0 Å². The molecule has 2 aromatic rings. The highest BCUT2D eigenvalue weighted by atomic mass is 14.9. The van der Waals surface area contributed by atoms with E-state index in [1.807, 2.05) is 36.4 Å². The lowest BCUT2D eigenvalue weighted by Crippen LogP contribution is -2.22. The van der Waals surface area contributed by atoms with Gasteiger partial charge in [0, 0.05) is 11.1 Å². The van der Waals surface area contributed by atoms with Crippen LogP contribution in [0.3, 0.4) is 0 Å². The van der Waals surface area contributed by atoms with Crippen LogP contribution in [0.1, 0.15) is 36.8 Å². The summed E-state index contributed by atoms with van der Waals surface area (Å²) >= 11 is 0. The maximum absolute atomic E-state index is 9.60. The first kappa shape index (κ1) is 13.6. The summed E-state index contributed by atoms with van der Waals surface area (Å²) in [5, 5.41) is 9.60. The van der Waals surface area contributed by atoms with Gasteiger partial charge < -0.3 is 0 Å². The fourth-order valence-corrected chi connectivity index (χ4v) is 2.91. The summed E-state index contributed by atoms with van der Waals surface area (Å²) < 4.78 is 0. The van der Waals surface area contributed by atoms with Crippen LogP contribution >= 0.6 is 0 Å². The number of nitrogens with zero attached hydrogens (tertiary/aromatic N) is 2. The van der Waals surface area contributed by atoms with Gasteiger partial charge in [-0.3, -0.25) is 4.99 Å². The topological polar surface area (TPSA) is 36.1 Å². The molecule has 0 heterocycles. The minimum atomic E-state index is -0.541. The van der Waals surface area contributed by atoms with Gasteiger partial charge in [0.2, 0.25) is 0 Å². The average molecular weight is 274 g/mol. The molecule has 0 spiro atoms. The summed E-state index contributed by atoms with van der Waals surface area (Å²) in [5.41, 5.74) is 2.54. The second-order valence-electron chi connectivity index (χ2n) is 5.54. The summed E-state index contributed by atoms with van der Waals surface area (Å²) in [4.78, 5) is 4.92. The van der Waals surface area contributed by atoms with Crippen molar-refractivity contribution < 1.29 is 0 Å². The molecule has 3 rings (SSSR count). The molecule has 0 bridgehead atoms. The lowest BCUT2D eigenvalue weighted by molar-refractivity contribution is 0.568. The van der Waals surface area contributed by atoms with Crippen molar-refractivity contribution >= 4 is 5.71 Å². The predicted molar refractivity (Wildman–Crippen MR) is 85.3 cm³/mol. The highest BCUT2D eigenvalue weighted by Crippen LogP contribution is 2.34. The molecule has 1 fully saturated rings. The van der Waals surface area contributed by atoms with Crippen molar-refractivity contribution in [3.63, 3.8) is 0 Å². The van der Waals surface area contributed by atoms with Gasteiger partial charge in [-0.1, -0.05) is 60.7 Å². The third-order valence-corrected chi connectivity index (χ3v) is 4.06. The Labute approximate surface area is 125 Å². The van der Waals surface area contributed by atoms with Crippen LogP contribution in [0, 0.1) is 11.3 Å². The van der Waals surface area contributed by atoms with E-state index in [0.717, 1.165) is 42.5 Å². The molecule has 2 nitrogen and oxygen atoms in total. The lowest BCUT2D eigenvalue weighted by atomic mass is 9.97. The number of aliphatic imine (C=N–C) groups is 1. The molecule has 0 N–H and O–H groups in total. The zero-order chi connectivity index (χ0) is 14.5. The van der Waals surface area contributed by atoms with Crippen LogP contribution in [0.25, 0.3) is 0 Å². The van der Waals surface area contributed by atoms with Gasteiger partial charge in [0.05, 0.1) is 11.8 Å². The molecular formula is C19H18N2. The van der Waals surface area contributed by atoms with Gasteiger partial charge in [-0.05, 0) is 25.7 Å². The summed E-state index contributed by atoms with van der Waals surface area (Å²) in [5.74, 6) is 0. The van der Waals surface area contributed by atoms with Crippen LogP contribution in [-0.2, 0) is 0 Å². The summed E-state index contributed by atoms with van der Waals surface area (Å²) in [6.07, 6.45) is 3.92. The Morgan fingerprint density at radius 3 is 1.76 bits per heavy atom. The molecule has 0 aromatic heterocycles. The molecule has 0 atom stereocenters. The van der Waals surface area contributed by atoms with Crippen LogP contribution in [0.5, 0.6) is 0 Å². The molecule has 2 heteroatoms. The fourth-order valence-electron chi connectivity index (χ4n) is 2.91. The largest absolute Gasteiger partial charge is 0.262 e. The molecule has 0 radical (unpaired) electrons. The Morgan fingerprint density at radius 1 is 0.857 bits per heavy atom. The number of hydrogen-bond acceptors (Lipinski definition) is 2. The first-order valence-electron chi connectivity index (χ1n) is 7.45. The van der Waals surface area contributed by atoms with E-state index in [-0.39, 0.29) is 0 Å². The molecule has 1 aliphatic carbocycles. The van der Waals surface area contributed by atoms with Crippen molar-refractivity contribution in [2.75, 3.05) is 0 Å². The first-order chi connectivity index (χ1) is 10.3. The van der Waals surface area contributed by atoms with E-state index in [1.165, 1.54) is 0 Å². The van der Waals surface area contributed by atoms with E-state index in [1.54, 1.807) is 0 Å². The number of hydrogen-bond donors (Lipinski definition) is 0. The predicted octanol–water partition coefficient (Wildman–Crippen LogP) is 4.36. The minimum absolute atomic E-state index is 0.541. The molecule has 21 heavy (non-hydrogen) atoms. The van der Waals surface area contributed by atoms with E-state index in [2.05, 4.69) is 30.3 Å². The SMILES string of the molecule is N#CC1(N=C(c2ccccc2)c2ccccc2)CCCC1. The van der Waals surface area contributed by atoms with Crippen LogP contribution in [-0.4, -0.2) is 11.3 Å². The highest BCUT2D eigenvalue weighted by Gasteiger charge is 2.34. The molecule has 1 saturated carbocycles. The van der Waals surface area contributed by atoms with Crippen LogP contribution in [0.4, 0.5) is 0 Å². The van der Waals surface area contributed by atoms with Crippen molar-refractivity contribution in [2.45, 2.75) is 31.2 Å². The molecule has 0 amide bonds. The third kappa shape index (κ3) is 2.87. The van der Waals surface area contributed by atoms with Gasteiger partial charge in [-0.2, -0.15) is 5.26 Å². The summed E-state index contributed by atoms with van der Waals surface area (Å²) in [7, 11) is 0. The van der Waals surface area contributed by atoms with Gasteiger partial charge >= 0.3 is 0 Å². The second kappa shape index (κ2) is 5.93. The smallest absolute Gasteiger partial charge is 0.147 e. The number of nitriles is 1. The number of benzene rings is 2. The van der Waals surface area contributed by atoms with E-state index in [4.69, 9.17) is 4.99 Å². The zero-order valence-electron chi connectivity index (χ0n) is 12.0. The molecular weight excluding hydrogens is 256 g/mol. The summed E-state index contributed by atoms with van der Waals surface area (Å²) in [6.45, 7) is 0. The van der Waals surface area contributed by atoms with Crippen molar-refractivity contribution in [3.05, 3.63) is 71.8 Å². The molecule has 104 valence electrons. The Hall–Kier alpha value is -2.40. The van der Waals surface area contributed by atoms with Crippen molar-refractivity contribution in [2.24, 2.45) is 4.99 Å². The van der Waals surface area contributed by atoms with Crippen LogP contribution in [0.15, 0.2) is 65.7 Å². The molecule has 0 saturated heterocycles. The van der Waals surface area contributed by atoms with Gasteiger partial charge in [-0.25, -0.2) is 0 Å². The standard InChI is InChI=1S/C19H18N2/c20-15-19(13-7-8-14-19)21-18(16-9-3-1-4-10-16)17-11-5-2-6-12-17/h1-6,9-12H,7-8,13-14H2. The van der Waals surface area contributed by atoms with E-state index >= 15 is 0 Å². The summed E-state index contributed by atoms with van der Waals surface area (Å²) in [6, 6.07) is 22.8. The third-order valence-electron chi connectivity index (χ3n) is 4.06.